The van der Waals surface area contributed by atoms with Crippen molar-refractivity contribution in [2.24, 2.45) is 5.92 Å². The minimum Gasteiger partial charge on any atom is -0.507 e. The van der Waals surface area contributed by atoms with Crippen LogP contribution in [0.4, 0.5) is 0 Å². The second-order valence-electron chi connectivity index (χ2n) is 7.64. The van der Waals surface area contributed by atoms with E-state index in [0.29, 0.717) is 30.2 Å². The van der Waals surface area contributed by atoms with E-state index in [2.05, 4.69) is 16.9 Å². The molecule has 2 atom stereocenters. The van der Waals surface area contributed by atoms with Crippen molar-refractivity contribution in [3.8, 4) is 5.75 Å². The number of aromatic hydroxyl groups is 1. The van der Waals surface area contributed by atoms with Crippen molar-refractivity contribution in [3.63, 3.8) is 0 Å². The molecule has 6 heteroatoms. The summed E-state index contributed by atoms with van der Waals surface area (Å²) in [4.78, 5) is 11.3. The van der Waals surface area contributed by atoms with E-state index in [-0.39, 0.29) is 5.75 Å². The summed E-state index contributed by atoms with van der Waals surface area (Å²) in [7, 11) is -3.14. The quantitative estimate of drug-likeness (QED) is 0.758. The maximum atomic E-state index is 11.4. The van der Waals surface area contributed by atoms with Crippen molar-refractivity contribution >= 4 is 27.1 Å². The van der Waals surface area contributed by atoms with Crippen molar-refractivity contribution in [1.29, 1.82) is 0 Å². The Morgan fingerprint density at radius 3 is 2.63 bits per heavy atom. The Kier molecular flexibility index (Phi) is 6.17. The monoisotopic (exact) mass is 389 g/mol. The fraction of sp³-hybridized carbons (Fsp3) is 0.476. The van der Waals surface area contributed by atoms with E-state index in [9.17, 15) is 18.3 Å². The minimum absolute atomic E-state index is 0.0115. The number of phenols is 1. The Balaban J connectivity index is 1.77. The van der Waals surface area contributed by atoms with Gasteiger partial charge >= 0.3 is 0 Å². The normalized spacial score (nSPS) is 21.5. The molecule has 1 fully saturated rings. The lowest BCUT2D eigenvalue weighted by Crippen LogP contribution is -2.29. The van der Waals surface area contributed by atoms with Crippen LogP contribution in [0.2, 0.25) is 0 Å². The predicted octanol–water partition coefficient (Wildman–Crippen LogP) is 3.96. The van der Waals surface area contributed by atoms with Crippen LogP contribution in [0.15, 0.2) is 30.3 Å². The zero-order chi connectivity index (χ0) is 19.4. The highest BCUT2D eigenvalue weighted by molar-refractivity contribution is 7.88. The van der Waals surface area contributed by atoms with Gasteiger partial charge in [-0.15, -0.1) is 0 Å². The lowest BCUT2D eigenvalue weighted by atomic mass is 9.81. The number of benzene rings is 2. The Hall–Kier alpha value is -1.92. The van der Waals surface area contributed by atoms with Crippen LogP contribution in [-0.4, -0.2) is 32.6 Å². The number of sulfonamides is 1. The van der Waals surface area contributed by atoms with E-state index in [4.69, 9.17) is 0 Å². The first-order valence-corrected chi connectivity index (χ1v) is 11.4. The summed E-state index contributed by atoms with van der Waals surface area (Å²) in [5.41, 5.74) is 1.59. The summed E-state index contributed by atoms with van der Waals surface area (Å²) in [6.07, 6.45) is 8.37. The lowest BCUT2D eigenvalue weighted by Gasteiger charge is -2.25. The summed E-state index contributed by atoms with van der Waals surface area (Å²) in [6.45, 7) is 0.519. The highest BCUT2D eigenvalue weighted by Gasteiger charge is 2.20. The number of aldehydes is 1. The summed E-state index contributed by atoms with van der Waals surface area (Å²) in [6, 6.07) is 9.53. The Bertz CT molecular complexity index is 923. The van der Waals surface area contributed by atoms with Gasteiger partial charge in [-0.05, 0) is 59.9 Å². The molecule has 0 aromatic heterocycles. The average Bonchev–Trinajstić information content (AvgIpc) is 2.60. The van der Waals surface area contributed by atoms with E-state index in [1.54, 1.807) is 6.07 Å². The molecule has 2 aromatic rings. The van der Waals surface area contributed by atoms with Gasteiger partial charge in [0.2, 0.25) is 10.0 Å². The third-order valence-electron chi connectivity index (χ3n) is 5.62. The van der Waals surface area contributed by atoms with Gasteiger partial charge in [-0.25, -0.2) is 13.1 Å². The molecule has 0 radical (unpaired) electrons. The largest absolute Gasteiger partial charge is 0.507 e. The molecular weight excluding hydrogens is 362 g/mol. The van der Waals surface area contributed by atoms with Crippen LogP contribution in [0, 0.1) is 5.92 Å². The summed E-state index contributed by atoms with van der Waals surface area (Å²) >= 11 is 0. The third kappa shape index (κ3) is 5.08. The molecule has 0 bridgehead atoms. The number of nitrogens with one attached hydrogen (secondary N) is 1. The SMILES string of the molecule is CS(=O)(=O)NCC1CCCCC(c2ccc3c(C=O)c(O)ccc3c2)CC1. The van der Waals surface area contributed by atoms with Crippen LogP contribution in [0.5, 0.6) is 5.75 Å². The number of rotatable bonds is 5. The summed E-state index contributed by atoms with van der Waals surface area (Å²) in [5.74, 6) is 0.822. The van der Waals surface area contributed by atoms with Crippen molar-refractivity contribution in [1.82, 2.24) is 4.72 Å². The van der Waals surface area contributed by atoms with Gasteiger partial charge in [-0.3, -0.25) is 4.79 Å². The van der Waals surface area contributed by atoms with Crippen molar-refractivity contribution in [2.45, 2.75) is 44.4 Å². The third-order valence-corrected chi connectivity index (χ3v) is 6.32. The Labute approximate surface area is 160 Å². The highest BCUT2D eigenvalue weighted by atomic mass is 32.2. The lowest BCUT2D eigenvalue weighted by molar-refractivity contribution is 0.112. The molecule has 0 amide bonds. The first kappa shape index (κ1) is 19.8. The number of fused-ring (bicyclic) bond motifs is 1. The summed E-state index contributed by atoms with van der Waals surface area (Å²) < 4.78 is 25.4. The van der Waals surface area contributed by atoms with E-state index in [1.807, 2.05) is 12.1 Å². The standard InChI is InChI=1S/C21H27NO4S/c1-27(25,26)22-13-15-4-2-3-5-16(7-6-15)17-8-10-19-18(12-17)9-11-21(24)20(19)14-23/h8-12,14-16,22,24H,2-7,13H2,1H3. The molecule has 5 nitrogen and oxygen atoms in total. The van der Waals surface area contributed by atoms with Crippen molar-refractivity contribution in [2.75, 3.05) is 12.8 Å². The first-order chi connectivity index (χ1) is 12.9. The molecule has 0 aliphatic heterocycles. The van der Waals surface area contributed by atoms with E-state index in [1.165, 1.54) is 11.8 Å². The maximum absolute atomic E-state index is 11.4. The van der Waals surface area contributed by atoms with E-state index < -0.39 is 10.0 Å². The molecule has 1 aliphatic carbocycles. The topological polar surface area (TPSA) is 83.5 Å². The molecule has 3 rings (SSSR count). The smallest absolute Gasteiger partial charge is 0.208 e. The molecule has 0 spiro atoms. The number of carbonyl (C=O) groups is 1. The fourth-order valence-electron chi connectivity index (χ4n) is 4.09. The molecule has 27 heavy (non-hydrogen) atoms. The van der Waals surface area contributed by atoms with Crippen molar-refractivity contribution in [3.05, 3.63) is 41.5 Å². The van der Waals surface area contributed by atoms with Crippen LogP contribution >= 0.6 is 0 Å². The Morgan fingerprint density at radius 1 is 1.11 bits per heavy atom. The predicted molar refractivity (Wildman–Crippen MR) is 108 cm³/mol. The number of hydrogen-bond donors (Lipinski definition) is 2. The zero-order valence-electron chi connectivity index (χ0n) is 15.6. The van der Waals surface area contributed by atoms with Crippen LogP contribution in [0.1, 0.15) is 60.4 Å². The van der Waals surface area contributed by atoms with Gasteiger partial charge < -0.3 is 5.11 Å². The van der Waals surface area contributed by atoms with Gasteiger partial charge in [-0.1, -0.05) is 37.1 Å². The second kappa shape index (κ2) is 8.40. The molecule has 146 valence electrons. The molecular formula is C21H27NO4S. The Morgan fingerprint density at radius 2 is 1.89 bits per heavy atom. The van der Waals surface area contributed by atoms with E-state index in [0.717, 1.165) is 49.3 Å². The molecule has 1 saturated carbocycles. The summed E-state index contributed by atoms with van der Waals surface area (Å²) in [5, 5.41) is 11.6. The average molecular weight is 390 g/mol. The number of carbonyl (C=O) groups excluding carboxylic acids is 1. The molecule has 2 N–H and O–H groups in total. The maximum Gasteiger partial charge on any atom is 0.208 e. The van der Waals surface area contributed by atoms with Gasteiger partial charge in [0.25, 0.3) is 0 Å². The van der Waals surface area contributed by atoms with E-state index >= 15 is 0 Å². The number of hydrogen-bond acceptors (Lipinski definition) is 4. The first-order valence-electron chi connectivity index (χ1n) is 9.53. The van der Waals surface area contributed by atoms with Gasteiger partial charge in [0.1, 0.15) is 5.75 Å². The van der Waals surface area contributed by atoms with Crippen LogP contribution in [0.3, 0.4) is 0 Å². The van der Waals surface area contributed by atoms with Gasteiger partial charge in [0.05, 0.1) is 11.8 Å². The molecule has 2 aromatic carbocycles. The van der Waals surface area contributed by atoms with Gasteiger partial charge in [0.15, 0.2) is 6.29 Å². The minimum atomic E-state index is -3.14. The van der Waals surface area contributed by atoms with Gasteiger partial charge in [-0.2, -0.15) is 0 Å². The number of phenolic OH excluding ortho intramolecular Hbond substituents is 1. The van der Waals surface area contributed by atoms with Gasteiger partial charge in [0, 0.05) is 6.54 Å². The van der Waals surface area contributed by atoms with Crippen molar-refractivity contribution < 1.29 is 18.3 Å². The molecule has 2 unspecified atom stereocenters. The highest BCUT2D eigenvalue weighted by Crippen LogP contribution is 2.35. The van der Waals surface area contributed by atoms with Crippen LogP contribution < -0.4 is 4.72 Å². The second-order valence-corrected chi connectivity index (χ2v) is 9.48. The van der Waals surface area contributed by atoms with Crippen LogP contribution in [0.25, 0.3) is 10.8 Å². The zero-order valence-corrected chi connectivity index (χ0v) is 16.5. The fourth-order valence-corrected chi connectivity index (χ4v) is 4.63. The van der Waals surface area contributed by atoms with Crippen LogP contribution in [-0.2, 0) is 10.0 Å². The molecule has 0 saturated heterocycles. The molecule has 1 aliphatic rings. The molecule has 0 heterocycles.